The minimum absolute atomic E-state index is 0.0240. The van der Waals surface area contributed by atoms with Gasteiger partial charge in [0.05, 0.1) is 33.8 Å². The van der Waals surface area contributed by atoms with Gasteiger partial charge in [0.2, 0.25) is 5.91 Å². The molecule has 1 N–H and O–H groups in total. The molecule has 0 radical (unpaired) electrons. The average molecular weight is 1180 g/mol. The lowest BCUT2D eigenvalue weighted by molar-refractivity contribution is -0.870. The van der Waals surface area contributed by atoms with Crippen LogP contribution in [-0.4, -0.2) is 69.4 Å². The summed E-state index contributed by atoms with van der Waals surface area (Å²) in [6.07, 6.45) is 81.6. The van der Waals surface area contributed by atoms with E-state index in [4.69, 9.17) is 13.8 Å². The first-order valence-corrected chi connectivity index (χ1v) is 36.7. The molecule has 0 spiro atoms. The summed E-state index contributed by atoms with van der Waals surface area (Å²) in [6, 6.07) is -0.893. The number of phosphoric acid groups is 1. The molecule has 1 amide bonds. The number of ether oxygens (including phenoxy) is 1. The molecule has 83 heavy (non-hydrogen) atoms. The summed E-state index contributed by atoms with van der Waals surface area (Å²) in [7, 11) is 1.19. The maximum absolute atomic E-state index is 13.6. The van der Waals surface area contributed by atoms with Crippen molar-refractivity contribution in [3.05, 3.63) is 72.9 Å². The molecule has 484 valence electrons. The van der Waals surface area contributed by atoms with Crippen molar-refractivity contribution in [2.45, 2.75) is 341 Å². The molecule has 9 nitrogen and oxygen atoms in total. The maximum Gasteiger partial charge on any atom is 0.306 e. The number of carbonyl (C=O) groups is 2. The lowest BCUT2D eigenvalue weighted by Gasteiger charge is -2.30. The van der Waals surface area contributed by atoms with Gasteiger partial charge in [-0.3, -0.25) is 14.2 Å². The number of carbonyl (C=O) groups excluding carboxylic acids is 2. The second kappa shape index (κ2) is 62.5. The summed E-state index contributed by atoms with van der Waals surface area (Å²) in [6.45, 7) is 6.77. The first-order valence-electron chi connectivity index (χ1n) is 35.2. The minimum atomic E-state index is -4.71. The summed E-state index contributed by atoms with van der Waals surface area (Å²) < 4.78 is 30.5. The summed E-state index contributed by atoms with van der Waals surface area (Å²) in [5, 5.41) is 3.04. The summed E-state index contributed by atoms with van der Waals surface area (Å²) in [5.41, 5.74) is 0. The molecular weight excluding hydrogens is 1050 g/mol. The van der Waals surface area contributed by atoms with Crippen LogP contribution < -0.4 is 10.2 Å². The third kappa shape index (κ3) is 63.8. The lowest BCUT2D eigenvalue weighted by atomic mass is 10.0. The molecule has 0 saturated heterocycles. The maximum atomic E-state index is 13.6. The fraction of sp³-hybridized carbons (Fsp3) is 0.808. The highest BCUT2D eigenvalue weighted by atomic mass is 31.2. The Hall–Kier alpha value is -2.55. The Bertz CT molecular complexity index is 1650. The van der Waals surface area contributed by atoms with Crippen LogP contribution in [0.2, 0.25) is 0 Å². The number of hydrogen-bond acceptors (Lipinski definition) is 7. The number of unbranched alkanes of at least 4 members (excludes halogenated alkanes) is 38. The van der Waals surface area contributed by atoms with Gasteiger partial charge in [0, 0.05) is 12.8 Å². The molecule has 10 heteroatoms. The Morgan fingerprint density at radius 3 is 1.16 bits per heavy atom. The second-order valence-corrected chi connectivity index (χ2v) is 26.4. The number of quaternary nitrogens is 1. The Morgan fingerprint density at radius 2 is 0.771 bits per heavy atom. The van der Waals surface area contributed by atoms with E-state index in [-0.39, 0.29) is 31.5 Å². The topological polar surface area (TPSA) is 114 Å². The van der Waals surface area contributed by atoms with Crippen molar-refractivity contribution in [1.29, 1.82) is 0 Å². The van der Waals surface area contributed by atoms with Crippen LogP contribution >= 0.6 is 7.82 Å². The van der Waals surface area contributed by atoms with Crippen molar-refractivity contribution >= 4 is 19.7 Å². The highest BCUT2D eigenvalue weighted by molar-refractivity contribution is 7.45. The van der Waals surface area contributed by atoms with Crippen LogP contribution in [0.3, 0.4) is 0 Å². The van der Waals surface area contributed by atoms with Gasteiger partial charge in [-0.2, -0.15) is 0 Å². The zero-order valence-corrected chi connectivity index (χ0v) is 56.3. The molecule has 0 bridgehead atoms. The van der Waals surface area contributed by atoms with E-state index in [1.807, 2.05) is 33.3 Å². The molecule has 0 aromatic heterocycles. The number of allylic oxidation sites excluding steroid dienone is 11. The average Bonchev–Trinajstić information content (AvgIpc) is 3.46. The van der Waals surface area contributed by atoms with Gasteiger partial charge in [-0.25, -0.2) is 0 Å². The van der Waals surface area contributed by atoms with Crippen LogP contribution in [0.5, 0.6) is 0 Å². The summed E-state index contributed by atoms with van der Waals surface area (Å²) in [4.78, 5) is 40.2. The van der Waals surface area contributed by atoms with Gasteiger partial charge in [-0.1, -0.05) is 312 Å². The molecule has 0 aromatic rings. The minimum Gasteiger partial charge on any atom is -0.756 e. The van der Waals surface area contributed by atoms with Crippen molar-refractivity contribution in [3.63, 3.8) is 0 Å². The van der Waals surface area contributed by atoms with E-state index in [0.717, 1.165) is 103 Å². The van der Waals surface area contributed by atoms with E-state index in [2.05, 4.69) is 86.8 Å². The quantitative estimate of drug-likeness (QED) is 0.0212. The predicted molar refractivity (Wildman–Crippen MR) is 358 cm³/mol. The van der Waals surface area contributed by atoms with Gasteiger partial charge in [0.1, 0.15) is 19.3 Å². The van der Waals surface area contributed by atoms with E-state index >= 15 is 0 Å². The molecule has 0 fully saturated rings. The number of amides is 1. The van der Waals surface area contributed by atoms with Crippen molar-refractivity contribution in [3.8, 4) is 0 Å². The van der Waals surface area contributed by atoms with Gasteiger partial charge >= 0.3 is 5.97 Å². The molecule has 3 unspecified atom stereocenters. The fourth-order valence-corrected chi connectivity index (χ4v) is 11.0. The zero-order chi connectivity index (χ0) is 60.7. The van der Waals surface area contributed by atoms with Crippen molar-refractivity contribution in [2.24, 2.45) is 0 Å². The second-order valence-electron chi connectivity index (χ2n) is 25.0. The van der Waals surface area contributed by atoms with Crippen LogP contribution in [0.1, 0.15) is 329 Å². The fourth-order valence-electron chi connectivity index (χ4n) is 10.3. The Morgan fingerprint density at radius 1 is 0.434 bits per heavy atom. The Kier molecular flexibility index (Phi) is 60.6. The number of nitrogens with zero attached hydrogens (tertiary/aromatic N) is 1. The van der Waals surface area contributed by atoms with E-state index in [1.54, 1.807) is 0 Å². The third-order valence-corrected chi connectivity index (χ3v) is 16.6. The number of esters is 1. The van der Waals surface area contributed by atoms with Crippen LogP contribution in [0.4, 0.5) is 0 Å². The van der Waals surface area contributed by atoms with Gasteiger partial charge in [0.25, 0.3) is 7.82 Å². The molecular formula is C73H135N2O7P. The molecule has 0 aromatic carbocycles. The molecule has 0 aliphatic heterocycles. The summed E-state index contributed by atoms with van der Waals surface area (Å²) >= 11 is 0. The zero-order valence-electron chi connectivity index (χ0n) is 55.4. The van der Waals surface area contributed by atoms with Gasteiger partial charge in [-0.15, -0.1) is 0 Å². The summed E-state index contributed by atoms with van der Waals surface area (Å²) in [5.74, 6) is -0.535. The standard InChI is InChI=1S/C73H135N2O7P/c1-7-10-13-16-19-22-25-28-30-32-34-35-36-37-38-39-41-42-44-47-50-53-56-59-62-65-72(76)74-70(69-81-83(78,79)80-68-67-75(4,5)6)71(64-61-58-55-52-49-46-27-24-21-18-15-12-9-3)82-73(77)66-63-60-57-54-51-48-45-43-40-33-31-29-26-23-20-17-14-11-8-2/h10,13,19,22,28,30,34-35,37-38,61,64,70-71H,7-9,11-12,14-18,20-21,23-27,29,31-33,36,39-60,62-63,65-69H2,1-6H3,(H-,74,76,78,79)/b13-10-,22-19-,30-28-,35-34-,38-37-,64-61-. The molecule has 0 heterocycles. The molecule has 0 rings (SSSR count). The normalized spacial score (nSPS) is 14.0. The van der Waals surface area contributed by atoms with Gasteiger partial charge in [-0.05, 0) is 76.7 Å². The Balaban J connectivity index is 5.12. The van der Waals surface area contributed by atoms with E-state index in [9.17, 15) is 19.0 Å². The van der Waals surface area contributed by atoms with Gasteiger partial charge < -0.3 is 28.5 Å². The van der Waals surface area contributed by atoms with Crippen LogP contribution in [0, 0.1) is 0 Å². The lowest BCUT2D eigenvalue weighted by Crippen LogP contribution is -2.47. The van der Waals surface area contributed by atoms with E-state index < -0.39 is 20.0 Å². The first-order chi connectivity index (χ1) is 40.4. The SMILES string of the molecule is CC/C=C\C/C=C\C/C=C\C/C=C\C/C=C\CCCCCCCCCCCC(=O)NC(COP(=O)([O-])OCC[N+](C)(C)C)C(/C=C\CCCCCCCCCCCCC)OC(=O)CCCCCCCCCCCCCCCCCCCCC. The van der Waals surface area contributed by atoms with Crippen molar-refractivity contribution in [1.82, 2.24) is 5.32 Å². The smallest absolute Gasteiger partial charge is 0.306 e. The number of phosphoric ester groups is 1. The predicted octanol–water partition coefficient (Wildman–Crippen LogP) is 21.7. The molecule has 0 aliphatic rings. The van der Waals surface area contributed by atoms with E-state index in [0.29, 0.717) is 17.4 Å². The van der Waals surface area contributed by atoms with E-state index in [1.165, 1.54) is 193 Å². The number of nitrogens with one attached hydrogen (secondary N) is 1. The van der Waals surface area contributed by atoms with Crippen LogP contribution in [0.15, 0.2) is 72.9 Å². The molecule has 3 atom stereocenters. The highest BCUT2D eigenvalue weighted by Crippen LogP contribution is 2.38. The third-order valence-electron chi connectivity index (χ3n) is 15.7. The monoisotopic (exact) mass is 1180 g/mol. The van der Waals surface area contributed by atoms with Gasteiger partial charge in [0.15, 0.2) is 0 Å². The number of likely N-dealkylation sites (N-methyl/N-ethyl adjacent to an activating group) is 1. The molecule has 0 saturated carbocycles. The van der Waals surface area contributed by atoms with Crippen molar-refractivity contribution < 1.29 is 37.3 Å². The highest BCUT2D eigenvalue weighted by Gasteiger charge is 2.27. The van der Waals surface area contributed by atoms with Crippen LogP contribution in [-0.2, 0) is 27.9 Å². The Labute approximate surface area is 514 Å². The largest absolute Gasteiger partial charge is 0.756 e. The number of hydrogen-bond donors (Lipinski definition) is 1. The molecule has 0 aliphatic carbocycles. The van der Waals surface area contributed by atoms with Crippen LogP contribution in [0.25, 0.3) is 0 Å². The van der Waals surface area contributed by atoms with Crippen molar-refractivity contribution in [2.75, 3.05) is 40.9 Å². The number of rotatable bonds is 64. The first kappa shape index (κ1) is 80.5.